The fourth-order valence-electron chi connectivity index (χ4n) is 3.74. The summed E-state index contributed by atoms with van der Waals surface area (Å²) in [6.07, 6.45) is 0. The molecule has 0 radical (unpaired) electrons. The third kappa shape index (κ3) is 5.03. The number of nitriles is 2. The summed E-state index contributed by atoms with van der Waals surface area (Å²) in [6, 6.07) is 25.4. The van der Waals surface area contributed by atoms with Crippen LogP contribution in [0.3, 0.4) is 0 Å². The molecule has 0 unspecified atom stereocenters. The molecule has 0 atom stereocenters. The van der Waals surface area contributed by atoms with Crippen LogP contribution >= 0.6 is 23.2 Å². The largest absolute Gasteiger partial charge is 0.496 e. The lowest BCUT2D eigenvalue weighted by Crippen LogP contribution is -1.94. The Hall–Kier alpha value is -4.16. The van der Waals surface area contributed by atoms with Gasteiger partial charge in [0.05, 0.1) is 37.5 Å². The second-order valence-corrected chi connectivity index (χ2v) is 8.30. The van der Waals surface area contributed by atoms with Gasteiger partial charge in [0.25, 0.3) is 0 Å². The van der Waals surface area contributed by atoms with E-state index in [2.05, 4.69) is 12.1 Å². The molecule has 4 aromatic carbocycles. The first-order valence-electron chi connectivity index (χ1n) is 10.4. The molecule has 0 N–H and O–H groups in total. The van der Waals surface area contributed by atoms with Crippen molar-refractivity contribution >= 4 is 23.2 Å². The van der Waals surface area contributed by atoms with Crippen molar-refractivity contribution < 1.29 is 14.2 Å². The Labute approximate surface area is 213 Å². The van der Waals surface area contributed by atoms with Gasteiger partial charge in [0, 0.05) is 44.4 Å². The molecule has 7 heteroatoms. The first-order valence-corrected chi connectivity index (χ1v) is 11.2. The van der Waals surface area contributed by atoms with E-state index in [0.29, 0.717) is 55.3 Å². The first kappa shape index (κ1) is 24.0. The summed E-state index contributed by atoms with van der Waals surface area (Å²) in [5, 5.41) is 20.0. The number of benzene rings is 4. The van der Waals surface area contributed by atoms with Crippen LogP contribution in [0.4, 0.5) is 0 Å². The Morgan fingerprint density at radius 2 is 0.971 bits per heavy atom. The third-order valence-electron chi connectivity index (χ3n) is 5.37. The highest BCUT2D eigenvalue weighted by molar-refractivity contribution is 6.31. The number of methoxy groups -OCH3 is 2. The second-order valence-electron chi connectivity index (χ2n) is 7.43. The van der Waals surface area contributed by atoms with Gasteiger partial charge in [-0.05, 0) is 48.5 Å². The fraction of sp³-hybridized carbons (Fsp3) is 0.0714. The SMILES string of the molecule is COc1cc(Oc2ccc(-c3ccc(Cl)cc3C#N)c(OC)c2)ccc1-c1ccc(Cl)cc1C#N. The average molecular weight is 501 g/mol. The van der Waals surface area contributed by atoms with E-state index in [1.165, 1.54) is 0 Å². The number of halogens is 2. The van der Waals surface area contributed by atoms with Crippen LogP contribution in [0.1, 0.15) is 11.1 Å². The molecule has 0 bridgehead atoms. The smallest absolute Gasteiger partial charge is 0.131 e. The van der Waals surface area contributed by atoms with Gasteiger partial charge < -0.3 is 14.2 Å². The van der Waals surface area contributed by atoms with Crippen molar-refractivity contribution in [3.05, 3.63) is 94.0 Å². The quantitative estimate of drug-likeness (QED) is 0.269. The van der Waals surface area contributed by atoms with Crippen LogP contribution in [0.15, 0.2) is 72.8 Å². The van der Waals surface area contributed by atoms with E-state index in [-0.39, 0.29) is 0 Å². The molecule has 0 fully saturated rings. The zero-order valence-corrected chi connectivity index (χ0v) is 20.3. The number of hydrogen-bond acceptors (Lipinski definition) is 5. The molecular weight excluding hydrogens is 483 g/mol. The monoisotopic (exact) mass is 500 g/mol. The van der Waals surface area contributed by atoms with E-state index in [1.54, 1.807) is 74.9 Å². The standard InChI is InChI=1S/C28H18Cl2N2O3/c1-33-27-13-21(5-9-25(27)23-7-3-19(29)11-17(23)15-31)35-22-6-10-26(28(14-22)34-2)24-8-4-20(30)12-18(24)16-32/h3-14H,1-2H3. The molecule has 5 nitrogen and oxygen atoms in total. The fourth-order valence-corrected chi connectivity index (χ4v) is 4.08. The Morgan fingerprint density at radius 1 is 0.571 bits per heavy atom. The zero-order chi connectivity index (χ0) is 24.9. The summed E-state index contributed by atoms with van der Waals surface area (Å²) in [5.41, 5.74) is 3.80. The Balaban J connectivity index is 1.68. The maximum Gasteiger partial charge on any atom is 0.131 e. The van der Waals surface area contributed by atoms with E-state index in [0.717, 1.165) is 11.1 Å². The van der Waals surface area contributed by atoms with E-state index in [1.807, 2.05) is 12.1 Å². The van der Waals surface area contributed by atoms with Gasteiger partial charge in [0.15, 0.2) is 0 Å². The molecule has 0 aromatic heterocycles. The summed E-state index contributed by atoms with van der Waals surface area (Å²) in [4.78, 5) is 0. The van der Waals surface area contributed by atoms with Crippen LogP contribution in [0, 0.1) is 22.7 Å². The van der Waals surface area contributed by atoms with E-state index < -0.39 is 0 Å². The highest BCUT2D eigenvalue weighted by atomic mass is 35.5. The lowest BCUT2D eigenvalue weighted by molar-refractivity contribution is 0.405. The lowest BCUT2D eigenvalue weighted by Gasteiger charge is -2.15. The minimum absolute atomic E-state index is 0.448. The molecule has 4 rings (SSSR count). The summed E-state index contributed by atoms with van der Waals surface area (Å²) in [7, 11) is 3.11. The number of hydrogen-bond donors (Lipinski definition) is 0. The Kier molecular flexibility index (Phi) is 7.13. The van der Waals surface area contributed by atoms with Crippen LogP contribution in [0.2, 0.25) is 10.0 Å². The molecule has 0 saturated carbocycles. The van der Waals surface area contributed by atoms with Crippen molar-refractivity contribution in [2.75, 3.05) is 14.2 Å². The topological polar surface area (TPSA) is 75.3 Å². The molecule has 172 valence electrons. The highest BCUT2D eigenvalue weighted by Crippen LogP contribution is 2.40. The van der Waals surface area contributed by atoms with Crippen LogP contribution < -0.4 is 14.2 Å². The van der Waals surface area contributed by atoms with E-state index in [9.17, 15) is 10.5 Å². The van der Waals surface area contributed by atoms with Crippen molar-refractivity contribution in [3.63, 3.8) is 0 Å². The summed E-state index contributed by atoms with van der Waals surface area (Å²) >= 11 is 12.1. The molecule has 4 aromatic rings. The van der Waals surface area contributed by atoms with Gasteiger partial charge in [0.2, 0.25) is 0 Å². The van der Waals surface area contributed by atoms with Crippen molar-refractivity contribution in [3.8, 4) is 57.4 Å². The van der Waals surface area contributed by atoms with Crippen LogP contribution in [0.5, 0.6) is 23.0 Å². The number of ether oxygens (including phenoxy) is 3. The molecule has 0 aliphatic carbocycles. The van der Waals surface area contributed by atoms with Crippen LogP contribution in [-0.2, 0) is 0 Å². The molecule has 0 aliphatic rings. The van der Waals surface area contributed by atoms with Gasteiger partial charge in [-0.1, -0.05) is 35.3 Å². The molecule has 0 spiro atoms. The predicted molar refractivity (Wildman–Crippen MR) is 136 cm³/mol. The van der Waals surface area contributed by atoms with Crippen molar-refractivity contribution in [2.45, 2.75) is 0 Å². The van der Waals surface area contributed by atoms with Crippen molar-refractivity contribution in [2.24, 2.45) is 0 Å². The van der Waals surface area contributed by atoms with Gasteiger partial charge in [-0.2, -0.15) is 10.5 Å². The van der Waals surface area contributed by atoms with Crippen LogP contribution in [0.25, 0.3) is 22.3 Å². The van der Waals surface area contributed by atoms with Crippen molar-refractivity contribution in [1.82, 2.24) is 0 Å². The molecule has 0 aliphatic heterocycles. The average Bonchev–Trinajstić information content (AvgIpc) is 2.88. The minimum atomic E-state index is 0.448. The Bertz CT molecular complexity index is 1390. The lowest BCUT2D eigenvalue weighted by atomic mass is 9.99. The minimum Gasteiger partial charge on any atom is -0.496 e. The highest BCUT2D eigenvalue weighted by Gasteiger charge is 2.15. The second kappa shape index (κ2) is 10.4. The van der Waals surface area contributed by atoms with Gasteiger partial charge in [-0.25, -0.2) is 0 Å². The predicted octanol–water partition coefficient (Wildman–Crippen LogP) is 7.88. The van der Waals surface area contributed by atoms with E-state index >= 15 is 0 Å². The number of nitrogens with zero attached hydrogens (tertiary/aromatic N) is 2. The maximum atomic E-state index is 9.51. The normalized spacial score (nSPS) is 10.2. The van der Waals surface area contributed by atoms with Gasteiger partial charge >= 0.3 is 0 Å². The summed E-state index contributed by atoms with van der Waals surface area (Å²) < 4.78 is 17.2. The van der Waals surface area contributed by atoms with Crippen molar-refractivity contribution in [1.29, 1.82) is 10.5 Å². The molecule has 0 heterocycles. The van der Waals surface area contributed by atoms with E-state index in [4.69, 9.17) is 37.4 Å². The summed E-state index contributed by atoms with van der Waals surface area (Å²) in [5.74, 6) is 2.17. The zero-order valence-electron chi connectivity index (χ0n) is 18.8. The molecular formula is C28H18Cl2N2O3. The van der Waals surface area contributed by atoms with Gasteiger partial charge in [0.1, 0.15) is 23.0 Å². The Morgan fingerprint density at radius 3 is 1.34 bits per heavy atom. The van der Waals surface area contributed by atoms with Crippen LogP contribution in [-0.4, -0.2) is 14.2 Å². The first-order chi connectivity index (χ1) is 17.0. The molecule has 0 amide bonds. The van der Waals surface area contributed by atoms with Gasteiger partial charge in [-0.3, -0.25) is 0 Å². The van der Waals surface area contributed by atoms with Gasteiger partial charge in [-0.15, -0.1) is 0 Å². The third-order valence-corrected chi connectivity index (χ3v) is 5.84. The molecule has 35 heavy (non-hydrogen) atoms. The number of rotatable bonds is 6. The maximum absolute atomic E-state index is 9.51. The molecule has 0 saturated heterocycles. The summed E-state index contributed by atoms with van der Waals surface area (Å²) in [6.45, 7) is 0.